The Kier molecular flexibility index (Phi) is 12.9. The molecule has 0 spiro atoms. The zero-order valence-electron chi connectivity index (χ0n) is 19.9. The fourth-order valence-corrected chi connectivity index (χ4v) is 4.02. The van der Waals surface area contributed by atoms with Gasteiger partial charge in [0.1, 0.15) is 5.75 Å². The summed E-state index contributed by atoms with van der Waals surface area (Å²) in [5.74, 6) is 1.53. The van der Waals surface area contributed by atoms with Gasteiger partial charge in [-0.3, -0.25) is 9.79 Å². The highest BCUT2D eigenvalue weighted by atomic mass is 127. The number of methoxy groups -OCH3 is 1. The van der Waals surface area contributed by atoms with Crippen LogP contribution in [0.2, 0.25) is 0 Å². The molecule has 1 aromatic carbocycles. The summed E-state index contributed by atoms with van der Waals surface area (Å²) in [5, 5.41) is 6.30. The van der Waals surface area contributed by atoms with Crippen LogP contribution in [0.25, 0.3) is 0 Å². The van der Waals surface area contributed by atoms with E-state index in [2.05, 4.69) is 22.5 Å². The van der Waals surface area contributed by atoms with Gasteiger partial charge in [-0.2, -0.15) is 0 Å². The van der Waals surface area contributed by atoms with Crippen molar-refractivity contribution in [3.8, 4) is 5.75 Å². The van der Waals surface area contributed by atoms with E-state index in [4.69, 9.17) is 19.2 Å². The molecule has 186 valence electrons. The molecule has 1 unspecified atom stereocenters. The van der Waals surface area contributed by atoms with Crippen molar-refractivity contribution in [1.29, 1.82) is 0 Å². The smallest absolute Gasteiger partial charge is 0.251 e. The van der Waals surface area contributed by atoms with Crippen LogP contribution in [0.4, 0.5) is 0 Å². The molecule has 2 saturated heterocycles. The maximum atomic E-state index is 12.3. The Hall–Kier alpha value is -1.59. The summed E-state index contributed by atoms with van der Waals surface area (Å²) in [6, 6.07) is 7.08. The summed E-state index contributed by atoms with van der Waals surface area (Å²) in [4.78, 5) is 19.3. The molecule has 3 rings (SSSR count). The molecule has 2 aliphatic heterocycles. The minimum Gasteiger partial charge on any atom is -0.497 e. The lowest BCUT2D eigenvalue weighted by Gasteiger charge is -2.35. The van der Waals surface area contributed by atoms with Crippen molar-refractivity contribution >= 4 is 35.8 Å². The van der Waals surface area contributed by atoms with Gasteiger partial charge in [-0.1, -0.05) is 0 Å². The van der Waals surface area contributed by atoms with Gasteiger partial charge in [-0.15, -0.1) is 24.0 Å². The molecule has 1 aromatic rings. The minimum absolute atomic E-state index is 0. The summed E-state index contributed by atoms with van der Waals surface area (Å²) in [6.45, 7) is 7.32. The van der Waals surface area contributed by atoms with Gasteiger partial charge in [0, 0.05) is 38.3 Å². The monoisotopic (exact) mass is 574 g/mol. The van der Waals surface area contributed by atoms with Crippen molar-refractivity contribution in [3.05, 3.63) is 29.8 Å². The maximum absolute atomic E-state index is 12.3. The van der Waals surface area contributed by atoms with Crippen LogP contribution in [-0.4, -0.2) is 82.0 Å². The molecule has 0 saturated carbocycles. The van der Waals surface area contributed by atoms with E-state index >= 15 is 0 Å². The Morgan fingerprint density at radius 3 is 2.55 bits per heavy atom. The van der Waals surface area contributed by atoms with E-state index < -0.39 is 0 Å². The van der Waals surface area contributed by atoms with E-state index in [1.54, 1.807) is 31.4 Å². The third-order valence-corrected chi connectivity index (χ3v) is 5.88. The molecule has 8 nitrogen and oxygen atoms in total. The van der Waals surface area contributed by atoms with Crippen LogP contribution in [-0.2, 0) is 9.47 Å². The van der Waals surface area contributed by atoms with Gasteiger partial charge in [0.2, 0.25) is 0 Å². The van der Waals surface area contributed by atoms with E-state index in [9.17, 15) is 4.79 Å². The number of aliphatic imine (C=N–C) groups is 1. The van der Waals surface area contributed by atoms with Crippen LogP contribution >= 0.6 is 24.0 Å². The number of piperidine rings is 1. The maximum Gasteiger partial charge on any atom is 0.251 e. The number of halogens is 1. The summed E-state index contributed by atoms with van der Waals surface area (Å²) < 4.78 is 17.0. The summed E-state index contributed by atoms with van der Waals surface area (Å²) in [5.41, 5.74) is 0.613. The molecule has 2 N–H and O–H groups in total. The Bertz CT molecular complexity index is 718. The number of likely N-dealkylation sites (tertiary alicyclic amines) is 1. The largest absolute Gasteiger partial charge is 0.497 e. The second-order valence-corrected chi connectivity index (χ2v) is 8.23. The lowest BCUT2D eigenvalue weighted by Crippen LogP contribution is -2.47. The Morgan fingerprint density at radius 1 is 1.15 bits per heavy atom. The highest BCUT2D eigenvalue weighted by molar-refractivity contribution is 14.0. The van der Waals surface area contributed by atoms with E-state index in [-0.39, 0.29) is 36.0 Å². The third-order valence-electron chi connectivity index (χ3n) is 5.88. The predicted octanol–water partition coefficient (Wildman–Crippen LogP) is 3.06. The van der Waals surface area contributed by atoms with Crippen molar-refractivity contribution in [2.75, 3.05) is 53.0 Å². The average Bonchev–Trinajstić information content (AvgIpc) is 2.85. The second kappa shape index (κ2) is 15.3. The van der Waals surface area contributed by atoms with E-state index in [1.165, 1.54) is 12.8 Å². The van der Waals surface area contributed by atoms with Gasteiger partial charge in [0.25, 0.3) is 5.91 Å². The SMILES string of the molecule is CCNC(=NCCNC(=O)c1ccc(OC)cc1)N1CCC(OCC2CCCCO2)CC1.I. The number of ether oxygens (including phenoxy) is 3. The molecule has 0 radical (unpaired) electrons. The van der Waals surface area contributed by atoms with Crippen molar-refractivity contribution in [3.63, 3.8) is 0 Å². The first-order chi connectivity index (χ1) is 15.7. The predicted molar refractivity (Wildman–Crippen MR) is 141 cm³/mol. The quantitative estimate of drug-likeness (QED) is 0.204. The molecule has 0 aliphatic carbocycles. The molecule has 2 aliphatic rings. The van der Waals surface area contributed by atoms with Crippen molar-refractivity contribution in [1.82, 2.24) is 15.5 Å². The molecular weight excluding hydrogens is 535 g/mol. The highest BCUT2D eigenvalue weighted by Crippen LogP contribution is 2.18. The first kappa shape index (κ1) is 27.7. The fraction of sp³-hybridized carbons (Fsp3) is 0.667. The number of hydrogen-bond donors (Lipinski definition) is 2. The average molecular weight is 575 g/mol. The van der Waals surface area contributed by atoms with Crippen LogP contribution in [0.5, 0.6) is 5.75 Å². The number of benzene rings is 1. The van der Waals surface area contributed by atoms with E-state index in [0.717, 1.165) is 57.2 Å². The molecule has 0 bridgehead atoms. The number of guanidine groups is 1. The number of rotatable bonds is 9. The van der Waals surface area contributed by atoms with Gasteiger partial charge in [-0.25, -0.2) is 0 Å². The van der Waals surface area contributed by atoms with Crippen LogP contribution in [0.3, 0.4) is 0 Å². The molecule has 1 amide bonds. The van der Waals surface area contributed by atoms with Crippen LogP contribution in [0, 0.1) is 0 Å². The molecule has 9 heteroatoms. The molecular formula is C24H39IN4O4. The minimum atomic E-state index is -0.104. The topological polar surface area (TPSA) is 84.4 Å². The number of nitrogens with one attached hydrogen (secondary N) is 2. The third kappa shape index (κ3) is 9.29. The second-order valence-electron chi connectivity index (χ2n) is 8.23. The fourth-order valence-electron chi connectivity index (χ4n) is 4.02. The number of nitrogens with zero attached hydrogens (tertiary/aromatic N) is 2. The number of carbonyl (C=O) groups is 1. The highest BCUT2D eigenvalue weighted by Gasteiger charge is 2.23. The van der Waals surface area contributed by atoms with Crippen molar-refractivity contribution in [2.45, 2.75) is 51.2 Å². The van der Waals surface area contributed by atoms with Crippen LogP contribution in [0.15, 0.2) is 29.3 Å². The number of hydrogen-bond acceptors (Lipinski definition) is 5. The van der Waals surface area contributed by atoms with Gasteiger partial charge in [0.05, 0.1) is 32.5 Å². The van der Waals surface area contributed by atoms with E-state index in [1.807, 2.05) is 0 Å². The standard InChI is InChI=1S/C24H38N4O4.HI/c1-3-25-24(27-14-13-26-23(29)19-7-9-20(30-2)10-8-19)28-15-11-21(12-16-28)32-18-22-6-4-5-17-31-22;/h7-10,21-22H,3-6,11-18H2,1-2H3,(H,25,27)(H,26,29);1H. The summed E-state index contributed by atoms with van der Waals surface area (Å²) >= 11 is 0. The Labute approximate surface area is 214 Å². The molecule has 1 atom stereocenters. The zero-order valence-corrected chi connectivity index (χ0v) is 22.2. The lowest BCUT2D eigenvalue weighted by molar-refractivity contribution is -0.0721. The van der Waals surface area contributed by atoms with Gasteiger partial charge >= 0.3 is 0 Å². The zero-order chi connectivity index (χ0) is 22.6. The normalized spacial score (nSPS) is 19.5. The first-order valence-electron chi connectivity index (χ1n) is 11.9. The Balaban J connectivity index is 0.00000385. The van der Waals surface area contributed by atoms with Crippen molar-refractivity contribution < 1.29 is 19.0 Å². The van der Waals surface area contributed by atoms with Crippen LogP contribution < -0.4 is 15.4 Å². The number of amides is 1. The Morgan fingerprint density at radius 2 is 1.91 bits per heavy atom. The summed E-state index contributed by atoms with van der Waals surface area (Å²) in [6.07, 6.45) is 6.08. The van der Waals surface area contributed by atoms with Gasteiger partial charge < -0.3 is 29.7 Å². The van der Waals surface area contributed by atoms with Gasteiger partial charge in [0.15, 0.2) is 5.96 Å². The van der Waals surface area contributed by atoms with Crippen LogP contribution in [0.1, 0.15) is 49.4 Å². The molecule has 2 heterocycles. The van der Waals surface area contributed by atoms with E-state index in [0.29, 0.717) is 31.4 Å². The summed E-state index contributed by atoms with van der Waals surface area (Å²) in [7, 11) is 1.61. The van der Waals surface area contributed by atoms with Crippen molar-refractivity contribution in [2.24, 2.45) is 4.99 Å². The molecule has 2 fully saturated rings. The van der Waals surface area contributed by atoms with Gasteiger partial charge in [-0.05, 0) is 63.3 Å². The molecule has 0 aromatic heterocycles. The molecule has 33 heavy (non-hydrogen) atoms. The number of carbonyl (C=O) groups excluding carboxylic acids is 1. The lowest BCUT2D eigenvalue weighted by atomic mass is 10.1. The first-order valence-corrected chi connectivity index (χ1v) is 11.9.